The fourth-order valence-electron chi connectivity index (χ4n) is 5.07. The van der Waals surface area contributed by atoms with Crippen molar-refractivity contribution in [1.29, 1.82) is 0 Å². The zero-order chi connectivity index (χ0) is 31.2. The monoisotopic (exact) mass is 616 g/mol. The van der Waals surface area contributed by atoms with E-state index in [1.165, 1.54) is 17.2 Å². The normalized spacial score (nSPS) is 16.8. The van der Waals surface area contributed by atoms with Gasteiger partial charge >= 0.3 is 6.09 Å². The molecule has 1 fully saturated rings. The number of likely N-dealkylation sites (N-methyl/N-ethyl adjacent to an activating group) is 1. The second kappa shape index (κ2) is 13.6. The van der Waals surface area contributed by atoms with E-state index in [4.69, 9.17) is 11.6 Å². The lowest BCUT2D eigenvalue weighted by atomic mass is 10.0. The van der Waals surface area contributed by atoms with Gasteiger partial charge in [0.15, 0.2) is 0 Å². The highest BCUT2D eigenvalue weighted by Gasteiger charge is 2.31. The summed E-state index contributed by atoms with van der Waals surface area (Å²) in [5.74, 6) is -0.322. The Labute approximate surface area is 259 Å². The minimum Gasteiger partial charge on any atom is -0.465 e. The third-order valence-corrected chi connectivity index (χ3v) is 7.41. The van der Waals surface area contributed by atoms with E-state index in [2.05, 4.69) is 30.9 Å². The molecule has 2 atom stereocenters. The number of aromatic nitrogens is 3. The number of benzene rings is 2. The van der Waals surface area contributed by atoms with E-state index in [1.54, 1.807) is 30.3 Å². The van der Waals surface area contributed by atoms with Gasteiger partial charge in [-0.15, -0.1) is 0 Å². The van der Waals surface area contributed by atoms with Gasteiger partial charge in [0.1, 0.15) is 0 Å². The van der Waals surface area contributed by atoms with Crippen LogP contribution in [0.1, 0.15) is 16.8 Å². The minimum atomic E-state index is -1.09. The number of halogens is 1. The van der Waals surface area contributed by atoms with Crippen LogP contribution in [0.2, 0.25) is 5.02 Å². The van der Waals surface area contributed by atoms with Gasteiger partial charge in [-0.2, -0.15) is 0 Å². The molecule has 4 aromatic rings. The van der Waals surface area contributed by atoms with Crippen molar-refractivity contribution in [1.82, 2.24) is 30.1 Å². The minimum absolute atomic E-state index is 0.134. The van der Waals surface area contributed by atoms with Gasteiger partial charge in [-0.05, 0) is 50.8 Å². The van der Waals surface area contributed by atoms with E-state index in [9.17, 15) is 19.5 Å². The van der Waals surface area contributed by atoms with Crippen LogP contribution in [0.15, 0.2) is 73.1 Å². The summed E-state index contributed by atoms with van der Waals surface area (Å²) < 4.78 is 0. The molecule has 1 aliphatic rings. The predicted octanol–water partition coefficient (Wildman–Crippen LogP) is 4.30. The van der Waals surface area contributed by atoms with Crippen LogP contribution in [-0.4, -0.2) is 93.6 Å². The summed E-state index contributed by atoms with van der Waals surface area (Å²) >= 11 is 6.47. The Bertz CT molecular complexity index is 1690. The summed E-state index contributed by atoms with van der Waals surface area (Å²) in [6, 6.07) is 13.5. The fourth-order valence-corrected chi connectivity index (χ4v) is 5.26. The first-order valence-electron chi connectivity index (χ1n) is 14.0. The lowest BCUT2D eigenvalue weighted by Gasteiger charge is -2.36. The number of carboxylic acid groups (broad SMARTS) is 1. The van der Waals surface area contributed by atoms with Crippen molar-refractivity contribution >= 4 is 52.0 Å². The summed E-state index contributed by atoms with van der Waals surface area (Å²) in [7, 11) is 3.82. The number of para-hydroxylation sites is 1. The highest BCUT2D eigenvalue weighted by Crippen LogP contribution is 2.32. The van der Waals surface area contributed by atoms with Crippen LogP contribution in [0.25, 0.3) is 22.2 Å². The molecule has 0 bridgehead atoms. The molecule has 3 amide bonds. The van der Waals surface area contributed by atoms with Crippen LogP contribution in [0.3, 0.4) is 0 Å². The molecule has 0 spiro atoms. The standard InChI is InChI=1S/C31H33ClN8O4/c1-39(2)13-5-8-27(41)35-20-11-9-19(10-12-20)29(42)36-21-14-22(18-40(17-21)31(43)44)37-30-34-16-25(32)28(38-30)24-15-33-26-7-4-3-6-23(24)26/h3-12,15-16,21-22,33H,13-14,17-18H2,1-2H3,(H,35,41)(H,36,42)(H,43,44)(H,34,37,38). The average molecular weight is 617 g/mol. The summed E-state index contributed by atoms with van der Waals surface area (Å²) in [6.07, 6.45) is 5.91. The van der Waals surface area contributed by atoms with E-state index < -0.39 is 12.1 Å². The number of fused-ring (bicyclic) bond motifs is 1. The number of rotatable bonds is 9. The number of amides is 3. The van der Waals surface area contributed by atoms with Crippen molar-refractivity contribution in [3.63, 3.8) is 0 Å². The van der Waals surface area contributed by atoms with Gasteiger partial charge in [0.2, 0.25) is 11.9 Å². The Morgan fingerprint density at radius 3 is 2.61 bits per heavy atom. The number of H-pyrrole nitrogens is 1. The lowest BCUT2D eigenvalue weighted by molar-refractivity contribution is -0.111. The van der Waals surface area contributed by atoms with Crippen LogP contribution in [0.4, 0.5) is 16.4 Å². The zero-order valence-electron chi connectivity index (χ0n) is 24.3. The molecule has 2 aromatic heterocycles. The second-order valence-corrected chi connectivity index (χ2v) is 11.2. The molecular formula is C31H33ClN8O4. The number of nitrogens with zero attached hydrogens (tertiary/aromatic N) is 4. The molecule has 2 unspecified atom stereocenters. The molecule has 0 saturated carbocycles. The summed E-state index contributed by atoms with van der Waals surface area (Å²) in [5, 5.41) is 20.1. The Kier molecular flexibility index (Phi) is 9.41. The highest BCUT2D eigenvalue weighted by molar-refractivity contribution is 6.33. The van der Waals surface area contributed by atoms with Gasteiger partial charge in [0.25, 0.3) is 5.91 Å². The van der Waals surface area contributed by atoms with Gasteiger partial charge < -0.3 is 35.8 Å². The van der Waals surface area contributed by atoms with Crippen LogP contribution in [0.5, 0.6) is 0 Å². The molecule has 12 nitrogen and oxygen atoms in total. The second-order valence-electron chi connectivity index (χ2n) is 10.8. The van der Waals surface area contributed by atoms with Gasteiger partial charge in [0.05, 0.1) is 16.9 Å². The number of hydrogen-bond acceptors (Lipinski definition) is 7. The van der Waals surface area contributed by atoms with Gasteiger partial charge in [-0.25, -0.2) is 14.8 Å². The first-order chi connectivity index (χ1) is 21.2. The average Bonchev–Trinajstić information content (AvgIpc) is 3.42. The van der Waals surface area contributed by atoms with E-state index in [0.29, 0.717) is 40.9 Å². The number of anilines is 2. The maximum atomic E-state index is 13.1. The number of carbonyl (C=O) groups is 3. The first-order valence-corrected chi connectivity index (χ1v) is 14.4. The highest BCUT2D eigenvalue weighted by atomic mass is 35.5. The molecular weight excluding hydrogens is 584 g/mol. The molecule has 0 aliphatic carbocycles. The molecule has 3 heterocycles. The van der Waals surface area contributed by atoms with E-state index >= 15 is 0 Å². The molecule has 0 radical (unpaired) electrons. The largest absolute Gasteiger partial charge is 0.465 e. The van der Waals surface area contributed by atoms with Crippen molar-refractivity contribution in [2.45, 2.75) is 18.5 Å². The number of nitrogens with one attached hydrogen (secondary N) is 4. The third kappa shape index (κ3) is 7.52. The van der Waals surface area contributed by atoms with Crippen LogP contribution >= 0.6 is 11.6 Å². The Morgan fingerprint density at radius 1 is 1.11 bits per heavy atom. The fraction of sp³-hybridized carbons (Fsp3) is 0.258. The number of piperidine rings is 1. The quantitative estimate of drug-likeness (QED) is 0.174. The molecule has 1 aliphatic heterocycles. The summed E-state index contributed by atoms with van der Waals surface area (Å²) in [4.78, 5) is 52.5. The molecule has 5 N–H and O–H groups in total. The Hall–Kier alpha value is -4.94. The van der Waals surface area contributed by atoms with E-state index in [1.807, 2.05) is 49.5 Å². The number of likely N-dealkylation sites (tertiary alicyclic amines) is 1. The number of aromatic amines is 1. The summed E-state index contributed by atoms with van der Waals surface area (Å²) in [6.45, 7) is 0.963. The number of carbonyl (C=O) groups excluding carboxylic acids is 2. The van der Waals surface area contributed by atoms with Crippen molar-refractivity contribution < 1.29 is 19.5 Å². The molecule has 5 rings (SSSR count). The van der Waals surface area contributed by atoms with Crippen molar-refractivity contribution in [3.8, 4) is 11.3 Å². The van der Waals surface area contributed by atoms with Crippen molar-refractivity contribution in [2.24, 2.45) is 0 Å². The summed E-state index contributed by atoms with van der Waals surface area (Å²) in [5.41, 5.74) is 3.24. The lowest BCUT2D eigenvalue weighted by Crippen LogP contribution is -2.55. The van der Waals surface area contributed by atoms with Crippen LogP contribution in [0, 0.1) is 0 Å². The maximum Gasteiger partial charge on any atom is 0.407 e. The predicted molar refractivity (Wildman–Crippen MR) is 170 cm³/mol. The third-order valence-electron chi connectivity index (χ3n) is 7.13. The smallest absolute Gasteiger partial charge is 0.407 e. The van der Waals surface area contributed by atoms with Crippen LogP contribution in [-0.2, 0) is 4.79 Å². The molecule has 1 saturated heterocycles. The van der Waals surface area contributed by atoms with Gasteiger partial charge in [-0.1, -0.05) is 35.9 Å². The van der Waals surface area contributed by atoms with Gasteiger partial charge in [-0.3, -0.25) is 9.59 Å². The van der Waals surface area contributed by atoms with E-state index in [-0.39, 0.29) is 30.9 Å². The van der Waals surface area contributed by atoms with Gasteiger partial charge in [0, 0.05) is 71.7 Å². The molecule has 2 aromatic carbocycles. The van der Waals surface area contributed by atoms with Crippen molar-refractivity contribution in [2.75, 3.05) is 44.4 Å². The van der Waals surface area contributed by atoms with E-state index in [0.717, 1.165) is 16.5 Å². The maximum absolute atomic E-state index is 13.1. The number of hydrogen-bond donors (Lipinski definition) is 5. The van der Waals surface area contributed by atoms with Crippen molar-refractivity contribution in [3.05, 3.63) is 83.7 Å². The molecule has 228 valence electrons. The Morgan fingerprint density at radius 2 is 1.86 bits per heavy atom. The topological polar surface area (TPSA) is 156 Å². The Balaban J connectivity index is 1.24. The first kappa shape index (κ1) is 30.5. The molecule has 44 heavy (non-hydrogen) atoms. The molecule has 13 heteroatoms. The zero-order valence-corrected chi connectivity index (χ0v) is 25.0. The van der Waals surface area contributed by atoms with Crippen LogP contribution < -0.4 is 16.0 Å². The SMILES string of the molecule is CN(C)CC=CC(=O)Nc1ccc(C(=O)NC2CC(Nc3ncc(Cl)c(-c4c[nH]c5ccccc45)n3)CN(C(=O)O)C2)cc1.